The second-order valence-electron chi connectivity index (χ2n) is 4.41. The highest BCUT2D eigenvalue weighted by molar-refractivity contribution is 9.10. The predicted molar refractivity (Wildman–Crippen MR) is 87.8 cm³/mol. The number of rotatable bonds is 4. The molecule has 4 heteroatoms. The van der Waals surface area contributed by atoms with Crippen LogP contribution in [0.15, 0.2) is 57.9 Å². The van der Waals surface area contributed by atoms with Crippen LogP contribution in [-0.2, 0) is 0 Å². The van der Waals surface area contributed by atoms with Crippen LogP contribution in [0.4, 0.5) is 0 Å². The van der Waals surface area contributed by atoms with Gasteiger partial charge < -0.3 is 5.73 Å². The Morgan fingerprint density at radius 2 is 1.89 bits per heavy atom. The first-order valence-electron chi connectivity index (χ1n) is 5.99. The van der Waals surface area contributed by atoms with Crippen LogP contribution in [0.2, 0.25) is 5.02 Å². The Balaban J connectivity index is 2.26. The van der Waals surface area contributed by atoms with Gasteiger partial charge in [-0.2, -0.15) is 0 Å². The largest absolute Gasteiger partial charge is 0.327 e. The van der Waals surface area contributed by atoms with Gasteiger partial charge in [0.1, 0.15) is 0 Å². The Kier molecular flexibility index (Phi) is 5.34. The summed E-state index contributed by atoms with van der Waals surface area (Å²) in [7, 11) is 0. The number of thioether (sulfide) groups is 1. The summed E-state index contributed by atoms with van der Waals surface area (Å²) in [6, 6.07) is 16.2. The molecule has 2 aromatic rings. The minimum Gasteiger partial charge on any atom is -0.327 e. The Bertz CT molecular complexity index is 559. The molecule has 0 radical (unpaired) electrons. The highest BCUT2D eigenvalue weighted by Gasteiger charge is 2.18. The minimum atomic E-state index is 0.0439. The smallest absolute Gasteiger partial charge is 0.0493 e. The van der Waals surface area contributed by atoms with E-state index in [0.29, 0.717) is 0 Å². The van der Waals surface area contributed by atoms with E-state index in [4.69, 9.17) is 17.3 Å². The zero-order chi connectivity index (χ0) is 13.8. The number of benzene rings is 2. The number of hydrogen-bond acceptors (Lipinski definition) is 2. The van der Waals surface area contributed by atoms with Gasteiger partial charge in [0.2, 0.25) is 0 Å². The van der Waals surface area contributed by atoms with Crippen molar-refractivity contribution in [3.05, 3.63) is 63.6 Å². The summed E-state index contributed by atoms with van der Waals surface area (Å²) in [5.74, 6) is 0. The van der Waals surface area contributed by atoms with Crippen molar-refractivity contribution in [2.45, 2.75) is 23.1 Å². The molecule has 0 spiro atoms. The van der Waals surface area contributed by atoms with Gasteiger partial charge in [-0.1, -0.05) is 45.7 Å². The van der Waals surface area contributed by atoms with Crippen LogP contribution in [0, 0.1) is 0 Å². The first-order chi connectivity index (χ1) is 9.06. The van der Waals surface area contributed by atoms with Crippen LogP contribution in [0.25, 0.3) is 0 Å². The third kappa shape index (κ3) is 4.25. The molecule has 0 saturated heterocycles. The molecule has 0 amide bonds. The monoisotopic (exact) mass is 355 g/mol. The second kappa shape index (κ2) is 6.80. The summed E-state index contributed by atoms with van der Waals surface area (Å²) in [6.07, 6.45) is 0. The summed E-state index contributed by atoms with van der Waals surface area (Å²) >= 11 is 11.3. The van der Waals surface area contributed by atoms with Gasteiger partial charge >= 0.3 is 0 Å². The molecule has 0 heterocycles. The van der Waals surface area contributed by atoms with E-state index >= 15 is 0 Å². The van der Waals surface area contributed by atoms with Crippen LogP contribution in [0.3, 0.4) is 0 Å². The zero-order valence-corrected chi connectivity index (χ0v) is 13.7. The van der Waals surface area contributed by atoms with E-state index in [9.17, 15) is 0 Å². The normalized spacial score (nSPS) is 14.1. The van der Waals surface area contributed by atoms with Crippen molar-refractivity contribution in [1.29, 1.82) is 0 Å². The molecule has 2 unspecified atom stereocenters. The Morgan fingerprint density at radius 1 is 1.16 bits per heavy atom. The molecular weight excluding hydrogens is 342 g/mol. The lowest BCUT2D eigenvalue weighted by molar-refractivity contribution is 0.721. The van der Waals surface area contributed by atoms with Crippen LogP contribution in [-0.4, -0.2) is 6.04 Å². The molecule has 0 aromatic heterocycles. The fraction of sp³-hybridized carbons (Fsp3) is 0.200. The molecule has 2 aromatic carbocycles. The molecule has 2 atom stereocenters. The van der Waals surface area contributed by atoms with Crippen molar-refractivity contribution in [3.8, 4) is 0 Å². The molecule has 0 fully saturated rings. The molecule has 0 saturated carbocycles. The predicted octanol–water partition coefficient (Wildman–Crippen LogP) is 5.28. The molecule has 2 N–H and O–H groups in total. The summed E-state index contributed by atoms with van der Waals surface area (Å²) in [6.45, 7) is 2.02. The van der Waals surface area contributed by atoms with Gasteiger partial charge in [0.25, 0.3) is 0 Å². The topological polar surface area (TPSA) is 26.0 Å². The molecular formula is C15H15BrClNS. The Labute approximate surface area is 131 Å². The van der Waals surface area contributed by atoms with Gasteiger partial charge in [-0.15, -0.1) is 11.8 Å². The van der Waals surface area contributed by atoms with Crippen LogP contribution < -0.4 is 5.73 Å². The fourth-order valence-electron chi connectivity index (χ4n) is 1.85. The number of halogens is 2. The molecule has 1 nitrogen and oxygen atoms in total. The molecule has 100 valence electrons. The van der Waals surface area contributed by atoms with E-state index in [-0.39, 0.29) is 11.3 Å². The summed E-state index contributed by atoms with van der Waals surface area (Å²) in [5, 5.41) is 0.936. The average molecular weight is 357 g/mol. The van der Waals surface area contributed by atoms with Crippen LogP contribution in [0.5, 0.6) is 0 Å². The second-order valence-corrected chi connectivity index (χ2v) is 6.98. The molecule has 0 aliphatic heterocycles. The minimum absolute atomic E-state index is 0.0439. The van der Waals surface area contributed by atoms with Crippen molar-refractivity contribution in [2.75, 3.05) is 0 Å². The molecule has 0 aliphatic carbocycles. The van der Waals surface area contributed by atoms with Crippen LogP contribution in [0.1, 0.15) is 17.7 Å². The molecule has 0 bridgehead atoms. The van der Waals surface area contributed by atoms with Crippen molar-refractivity contribution in [3.63, 3.8) is 0 Å². The van der Waals surface area contributed by atoms with Crippen molar-refractivity contribution < 1.29 is 0 Å². The summed E-state index contributed by atoms with van der Waals surface area (Å²) in [4.78, 5) is 1.19. The number of nitrogens with two attached hydrogens (primary N) is 1. The van der Waals surface area contributed by atoms with Crippen LogP contribution >= 0.6 is 39.3 Å². The standard InChI is InChI=1S/C15H15BrClNS/c1-10(18)15(11-4-2-6-13(17)8-11)19-14-7-3-5-12(16)9-14/h2-10,15H,18H2,1H3. The molecule has 19 heavy (non-hydrogen) atoms. The average Bonchev–Trinajstić information content (AvgIpc) is 2.35. The highest BCUT2D eigenvalue weighted by atomic mass is 79.9. The third-order valence-electron chi connectivity index (χ3n) is 2.71. The lowest BCUT2D eigenvalue weighted by Crippen LogP contribution is -2.22. The van der Waals surface area contributed by atoms with E-state index in [2.05, 4.69) is 34.1 Å². The maximum Gasteiger partial charge on any atom is 0.0493 e. The summed E-state index contributed by atoms with van der Waals surface area (Å²) < 4.78 is 1.08. The maximum atomic E-state index is 6.13. The van der Waals surface area contributed by atoms with E-state index < -0.39 is 0 Å². The Morgan fingerprint density at radius 3 is 2.53 bits per heavy atom. The third-order valence-corrected chi connectivity index (χ3v) is 4.92. The quantitative estimate of drug-likeness (QED) is 0.754. The van der Waals surface area contributed by atoms with Crippen molar-refractivity contribution >= 4 is 39.3 Å². The lowest BCUT2D eigenvalue weighted by atomic mass is 10.1. The SMILES string of the molecule is CC(N)C(Sc1cccc(Br)c1)c1cccc(Cl)c1. The molecule has 0 aliphatic rings. The van der Waals surface area contributed by atoms with Gasteiger partial charge in [-0.3, -0.25) is 0 Å². The van der Waals surface area contributed by atoms with Gasteiger partial charge in [0.15, 0.2) is 0 Å². The Hall–Kier alpha value is -0.480. The maximum absolute atomic E-state index is 6.13. The number of hydrogen-bond donors (Lipinski definition) is 1. The zero-order valence-electron chi connectivity index (χ0n) is 10.5. The lowest BCUT2D eigenvalue weighted by Gasteiger charge is -2.21. The summed E-state index contributed by atoms with van der Waals surface area (Å²) in [5.41, 5.74) is 7.29. The first-order valence-corrected chi connectivity index (χ1v) is 8.04. The van der Waals surface area contributed by atoms with Crippen molar-refractivity contribution in [1.82, 2.24) is 0 Å². The van der Waals surface area contributed by atoms with E-state index in [1.807, 2.05) is 37.3 Å². The van der Waals surface area contributed by atoms with Gasteiger partial charge in [0.05, 0.1) is 0 Å². The highest BCUT2D eigenvalue weighted by Crippen LogP contribution is 2.38. The first kappa shape index (κ1) is 14.9. The van der Waals surface area contributed by atoms with E-state index in [1.165, 1.54) is 4.90 Å². The van der Waals surface area contributed by atoms with Gasteiger partial charge in [0, 0.05) is 25.7 Å². The van der Waals surface area contributed by atoms with Gasteiger partial charge in [-0.25, -0.2) is 0 Å². The van der Waals surface area contributed by atoms with Crippen molar-refractivity contribution in [2.24, 2.45) is 5.73 Å². The molecule has 2 rings (SSSR count). The van der Waals surface area contributed by atoms with E-state index in [1.54, 1.807) is 11.8 Å². The fourth-order valence-corrected chi connectivity index (χ4v) is 3.74. The van der Waals surface area contributed by atoms with E-state index in [0.717, 1.165) is 15.1 Å². The van der Waals surface area contributed by atoms with Gasteiger partial charge in [-0.05, 0) is 42.8 Å².